The van der Waals surface area contributed by atoms with Crippen LogP contribution in [0.2, 0.25) is 0 Å². The lowest BCUT2D eigenvalue weighted by molar-refractivity contribution is -0.386. The van der Waals surface area contributed by atoms with Crippen LogP contribution in [0.5, 0.6) is 5.88 Å². The maximum atomic E-state index is 12.0. The van der Waals surface area contributed by atoms with Crippen LogP contribution < -0.4 is 9.64 Å². The van der Waals surface area contributed by atoms with E-state index in [2.05, 4.69) is 4.98 Å². The van der Waals surface area contributed by atoms with Gasteiger partial charge in [-0.25, -0.2) is 0 Å². The number of nitrogens with zero attached hydrogens (tertiary/aromatic N) is 4. The number of nitro groups is 1. The number of ether oxygens (including phenoxy) is 3. The fourth-order valence-corrected chi connectivity index (χ4v) is 3.79. The van der Waals surface area contributed by atoms with Gasteiger partial charge in [0, 0.05) is 39.7 Å². The van der Waals surface area contributed by atoms with E-state index in [-0.39, 0.29) is 30.1 Å². The zero-order valence-corrected chi connectivity index (χ0v) is 20.1. The molecule has 2 aromatic rings. The van der Waals surface area contributed by atoms with Crippen LogP contribution in [0, 0.1) is 10.1 Å². The molecule has 1 aliphatic heterocycles. The Morgan fingerprint density at radius 1 is 1.21 bits per heavy atom. The molecule has 1 aromatic heterocycles. The predicted octanol–water partition coefficient (Wildman–Crippen LogP) is 3.05. The molecule has 1 fully saturated rings. The summed E-state index contributed by atoms with van der Waals surface area (Å²) in [6.07, 6.45) is 0. The Bertz CT molecular complexity index is 985. The topological polar surface area (TPSA) is 107 Å². The summed E-state index contributed by atoms with van der Waals surface area (Å²) in [5.74, 6) is 0.476. The molecule has 2 heterocycles. The van der Waals surface area contributed by atoms with Crippen LogP contribution in [-0.2, 0) is 20.9 Å². The average Bonchev–Trinajstić information content (AvgIpc) is 2.82. The van der Waals surface area contributed by atoms with Crippen molar-refractivity contribution in [2.75, 3.05) is 44.9 Å². The van der Waals surface area contributed by atoms with E-state index in [1.54, 1.807) is 18.1 Å². The third kappa shape index (κ3) is 6.64. The van der Waals surface area contributed by atoms with Gasteiger partial charge in [-0.05, 0) is 25.5 Å². The van der Waals surface area contributed by atoms with Gasteiger partial charge < -0.3 is 24.0 Å². The smallest absolute Gasteiger partial charge is 0.331 e. The van der Waals surface area contributed by atoms with Gasteiger partial charge >= 0.3 is 5.69 Å². The van der Waals surface area contributed by atoms with E-state index in [1.165, 1.54) is 13.0 Å². The zero-order valence-electron chi connectivity index (χ0n) is 20.1. The number of methoxy groups -OCH3 is 1. The van der Waals surface area contributed by atoms with Crippen molar-refractivity contribution in [2.24, 2.45) is 0 Å². The highest BCUT2D eigenvalue weighted by molar-refractivity contribution is 5.74. The van der Waals surface area contributed by atoms with E-state index in [9.17, 15) is 14.9 Å². The van der Waals surface area contributed by atoms with E-state index < -0.39 is 10.5 Å². The van der Waals surface area contributed by atoms with Crippen molar-refractivity contribution in [1.29, 1.82) is 0 Å². The normalized spacial score (nSPS) is 16.4. The Hall–Kier alpha value is -3.24. The van der Waals surface area contributed by atoms with Crippen molar-refractivity contribution in [2.45, 2.75) is 39.0 Å². The van der Waals surface area contributed by atoms with Crippen LogP contribution in [-0.4, -0.2) is 72.3 Å². The summed E-state index contributed by atoms with van der Waals surface area (Å²) in [6.45, 7) is 7.70. The maximum Gasteiger partial charge on any atom is 0.331 e. The Labute approximate surface area is 199 Å². The van der Waals surface area contributed by atoms with E-state index >= 15 is 0 Å². The lowest BCUT2D eigenvalue weighted by atomic mass is 10.1. The third-order valence-electron chi connectivity index (χ3n) is 5.62. The number of pyridine rings is 1. The van der Waals surface area contributed by atoms with E-state index in [0.29, 0.717) is 38.7 Å². The van der Waals surface area contributed by atoms with Crippen LogP contribution in [0.4, 0.5) is 11.5 Å². The molecule has 34 heavy (non-hydrogen) atoms. The van der Waals surface area contributed by atoms with Gasteiger partial charge in [0.2, 0.25) is 5.91 Å². The van der Waals surface area contributed by atoms with Crippen LogP contribution in [0.1, 0.15) is 26.3 Å². The second-order valence-electron chi connectivity index (χ2n) is 8.84. The molecule has 3 rings (SSSR count). The molecule has 0 N–H and O–H groups in total. The second-order valence-corrected chi connectivity index (χ2v) is 8.84. The van der Waals surface area contributed by atoms with Crippen LogP contribution >= 0.6 is 0 Å². The van der Waals surface area contributed by atoms with Gasteiger partial charge in [-0.15, -0.1) is 0 Å². The second kappa shape index (κ2) is 11.3. The fraction of sp³-hybridized carbons (Fsp3) is 0.500. The van der Waals surface area contributed by atoms with Crippen LogP contribution in [0.25, 0.3) is 0 Å². The van der Waals surface area contributed by atoms with Gasteiger partial charge in [-0.1, -0.05) is 30.3 Å². The molecule has 0 saturated carbocycles. The molecule has 0 aliphatic carbocycles. The first-order valence-corrected chi connectivity index (χ1v) is 11.2. The van der Waals surface area contributed by atoms with Gasteiger partial charge in [0.1, 0.15) is 12.4 Å². The van der Waals surface area contributed by atoms with Gasteiger partial charge in [0.25, 0.3) is 5.88 Å². The Balaban J connectivity index is 1.72. The highest BCUT2D eigenvalue weighted by atomic mass is 16.6. The zero-order chi connectivity index (χ0) is 24.7. The average molecular weight is 473 g/mol. The minimum atomic E-state index is -0.696. The number of benzene rings is 1. The third-order valence-corrected chi connectivity index (χ3v) is 5.62. The first kappa shape index (κ1) is 25.4. The Morgan fingerprint density at radius 3 is 2.59 bits per heavy atom. The molecule has 0 spiro atoms. The summed E-state index contributed by atoms with van der Waals surface area (Å²) in [7, 11) is 1.59. The molecule has 1 aromatic carbocycles. The molecule has 0 radical (unpaired) electrons. The Kier molecular flexibility index (Phi) is 8.41. The minimum Gasteiger partial charge on any atom is -0.470 e. The van der Waals surface area contributed by atoms with Crippen molar-refractivity contribution in [3.8, 4) is 5.88 Å². The molecule has 0 unspecified atom stereocenters. The van der Waals surface area contributed by atoms with Crippen LogP contribution in [0.15, 0.2) is 42.5 Å². The lowest BCUT2D eigenvalue weighted by Gasteiger charge is -2.41. The van der Waals surface area contributed by atoms with Crippen molar-refractivity contribution < 1.29 is 23.9 Å². The fourth-order valence-electron chi connectivity index (χ4n) is 3.79. The number of hydrogen-bond acceptors (Lipinski definition) is 8. The minimum absolute atomic E-state index is 0.0138. The molecule has 1 amide bonds. The highest BCUT2D eigenvalue weighted by Crippen LogP contribution is 2.30. The largest absolute Gasteiger partial charge is 0.470 e. The lowest BCUT2D eigenvalue weighted by Crippen LogP contribution is -2.56. The summed E-state index contributed by atoms with van der Waals surface area (Å²) < 4.78 is 17.1. The maximum absolute atomic E-state index is 12.0. The number of rotatable bonds is 10. The molecule has 1 saturated heterocycles. The summed E-state index contributed by atoms with van der Waals surface area (Å²) in [5.41, 5.74) is 0.119. The number of aromatic nitrogens is 1. The summed E-state index contributed by atoms with van der Waals surface area (Å²) in [6, 6.07) is 12.6. The number of carbonyl (C=O) groups excluding carboxylic acids is 1. The molecule has 10 nitrogen and oxygen atoms in total. The van der Waals surface area contributed by atoms with Gasteiger partial charge in [-0.3, -0.25) is 14.9 Å². The number of carbonyl (C=O) groups is 1. The van der Waals surface area contributed by atoms with Crippen molar-refractivity contribution in [1.82, 2.24) is 9.88 Å². The molecule has 1 aliphatic rings. The van der Waals surface area contributed by atoms with Gasteiger partial charge in [0.15, 0.2) is 0 Å². The van der Waals surface area contributed by atoms with E-state index in [0.717, 1.165) is 5.56 Å². The van der Waals surface area contributed by atoms with E-state index in [4.69, 9.17) is 14.2 Å². The molecular formula is C24H32N4O6. The van der Waals surface area contributed by atoms with Crippen LogP contribution in [0.3, 0.4) is 0 Å². The monoisotopic (exact) mass is 472 g/mol. The SMILES string of the molecule is COC[C@@H]1CN(c2ccc([N+](=O)[O-])c(OCC(C)(C)OCc3ccccc3)n2)CCN1C(C)=O. The number of amides is 1. The molecular weight excluding hydrogens is 440 g/mol. The van der Waals surface area contributed by atoms with Crippen molar-refractivity contribution in [3.63, 3.8) is 0 Å². The van der Waals surface area contributed by atoms with Crippen molar-refractivity contribution >= 4 is 17.4 Å². The standard InChI is InChI=1S/C24H32N4O6/c1-18(29)27-13-12-26(14-20(27)16-32-4)22-11-10-21(28(30)31)23(25-22)33-17-24(2,3)34-15-19-8-6-5-7-9-19/h5-11,20H,12-17H2,1-4H3/t20-/m0/s1. The number of anilines is 1. The molecule has 184 valence electrons. The van der Waals surface area contributed by atoms with Crippen molar-refractivity contribution in [3.05, 3.63) is 58.1 Å². The molecule has 0 bridgehead atoms. The highest BCUT2D eigenvalue weighted by Gasteiger charge is 2.31. The molecule has 1 atom stereocenters. The number of piperazine rings is 1. The van der Waals surface area contributed by atoms with E-state index in [1.807, 2.05) is 49.1 Å². The number of hydrogen-bond donors (Lipinski definition) is 0. The first-order valence-electron chi connectivity index (χ1n) is 11.2. The summed E-state index contributed by atoms with van der Waals surface area (Å²) >= 11 is 0. The van der Waals surface area contributed by atoms with Gasteiger partial charge in [-0.2, -0.15) is 4.98 Å². The summed E-state index contributed by atoms with van der Waals surface area (Å²) in [5, 5.41) is 11.6. The predicted molar refractivity (Wildman–Crippen MR) is 127 cm³/mol. The van der Waals surface area contributed by atoms with Gasteiger partial charge in [0.05, 0.1) is 29.8 Å². The summed E-state index contributed by atoms with van der Waals surface area (Å²) in [4.78, 5) is 31.2. The first-order chi connectivity index (χ1) is 16.2. The quantitative estimate of drug-likeness (QED) is 0.384. The Morgan fingerprint density at radius 2 is 1.94 bits per heavy atom. The molecule has 10 heteroatoms.